The van der Waals surface area contributed by atoms with Gasteiger partial charge in [0.2, 0.25) is 10.0 Å². The fourth-order valence-corrected chi connectivity index (χ4v) is 4.47. The standard InChI is InChI=1S/C15H26N4O3S/c1-18(2)15(20)14-8-12(10-19(14)3)23(21,22)17-13(9-16)11-6-4-5-7-11/h8,10-11,13,17H,4-7,9,16H2,1-3H3. The van der Waals surface area contributed by atoms with Crippen LogP contribution in [0.25, 0.3) is 0 Å². The van der Waals surface area contributed by atoms with Crippen molar-refractivity contribution in [3.8, 4) is 0 Å². The van der Waals surface area contributed by atoms with Crippen LogP contribution < -0.4 is 10.5 Å². The van der Waals surface area contributed by atoms with Gasteiger partial charge in [-0.1, -0.05) is 12.8 Å². The van der Waals surface area contributed by atoms with Gasteiger partial charge in [-0.3, -0.25) is 4.79 Å². The van der Waals surface area contributed by atoms with E-state index in [0.29, 0.717) is 11.6 Å². The second kappa shape index (κ2) is 7.02. The van der Waals surface area contributed by atoms with Crippen molar-refractivity contribution < 1.29 is 13.2 Å². The highest BCUT2D eigenvalue weighted by molar-refractivity contribution is 7.89. The van der Waals surface area contributed by atoms with E-state index in [9.17, 15) is 13.2 Å². The first-order valence-electron chi connectivity index (χ1n) is 7.86. The Bertz CT molecular complexity index is 660. The number of nitrogens with zero attached hydrogens (tertiary/aromatic N) is 2. The Kier molecular flexibility index (Phi) is 5.49. The molecule has 0 bridgehead atoms. The molecule has 1 amide bonds. The van der Waals surface area contributed by atoms with E-state index < -0.39 is 10.0 Å². The Labute approximate surface area is 137 Å². The van der Waals surface area contributed by atoms with Gasteiger partial charge < -0.3 is 15.2 Å². The third-order valence-corrected chi connectivity index (χ3v) is 5.90. The molecule has 7 nitrogen and oxygen atoms in total. The fourth-order valence-electron chi connectivity index (χ4n) is 3.09. The zero-order valence-electron chi connectivity index (χ0n) is 13.9. The van der Waals surface area contributed by atoms with Crippen molar-refractivity contribution in [3.05, 3.63) is 18.0 Å². The monoisotopic (exact) mass is 342 g/mol. The molecule has 3 N–H and O–H groups in total. The summed E-state index contributed by atoms with van der Waals surface area (Å²) in [6.45, 7) is 0.278. The molecule has 2 rings (SSSR count). The molecular formula is C15H26N4O3S. The van der Waals surface area contributed by atoms with Gasteiger partial charge in [0.05, 0.1) is 0 Å². The first kappa shape index (κ1) is 18.0. The quantitative estimate of drug-likeness (QED) is 0.788. The molecule has 1 aliphatic carbocycles. The summed E-state index contributed by atoms with van der Waals surface area (Å²) in [6.07, 6.45) is 5.71. The Morgan fingerprint density at radius 1 is 1.43 bits per heavy atom. The lowest BCUT2D eigenvalue weighted by Gasteiger charge is -2.22. The van der Waals surface area contributed by atoms with Crippen LogP contribution in [-0.2, 0) is 17.1 Å². The molecule has 1 aliphatic rings. The van der Waals surface area contributed by atoms with E-state index in [2.05, 4.69) is 4.72 Å². The molecule has 1 aromatic heterocycles. The average Bonchev–Trinajstić information content (AvgIpc) is 3.13. The number of carbonyl (C=O) groups is 1. The molecule has 23 heavy (non-hydrogen) atoms. The van der Waals surface area contributed by atoms with E-state index in [0.717, 1.165) is 25.7 Å². The minimum absolute atomic E-state index is 0.0987. The van der Waals surface area contributed by atoms with Gasteiger partial charge >= 0.3 is 0 Å². The lowest BCUT2D eigenvalue weighted by molar-refractivity contribution is 0.0818. The summed E-state index contributed by atoms with van der Waals surface area (Å²) in [4.78, 5) is 13.6. The van der Waals surface area contributed by atoms with Crippen LogP contribution in [0.2, 0.25) is 0 Å². The van der Waals surface area contributed by atoms with Gasteiger partial charge in [0.25, 0.3) is 5.91 Å². The molecule has 130 valence electrons. The summed E-state index contributed by atoms with van der Waals surface area (Å²) >= 11 is 0. The number of aromatic nitrogens is 1. The van der Waals surface area contributed by atoms with Gasteiger partial charge in [-0.25, -0.2) is 13.1 Å². The second-order valence-corrected chi connectivity index (χ2v) is 8.09. The van der Waals surface area contributed by atoms with Gasteiger partial charge in [0.1, 0.15) is 10.6 Å². The Morgan fingerprint density at radius 3 is 2.57 bits per heavy atom. The van der Waals surface area contributed by atoms with Gasteiger partial charge in [-0.2, -0.15) is 0 Å². The Morgan fingerprint density at radius 2 is 2.04 bits per heavy atom. The van der Waals surface area contributed by atoms with Crippen molar-refractivity contribution in [3.63, 3.8) is 0 Å². The van der Waals surface area contributed by atoms with Crippen LogP contribution in [0.3, 0.4) is 0 Å². The molecule has 0 spiro atoms. The largest absolute Gasteiger partial charge is 0.345 e. The number of hydrogen-bond donors (Lipinski definition) is 2. The van der Waals surface area contributed by atoms with Crippen molar-refractivity contribution in [2.24, 2.45) is 18.7 Å². The van der Waals surface area contributed by atoms with Gasteiger partial charge in [-0.15, -0.1) is 0 Å². The number of nitrogens with one attached hydrogen (secondary N) is 1. The average molecular weight is 342 g/mol. The van der Waals surface area contributed by atoms with E-state index in [1.54, 1.807) is 21.1 Å². The normalized spacial score (nSPS) is 17.4. The number of aryl methyl sites for hydroxylation is 1. The number of carbonyl (C=O) groups excluding carboxylic acids is 1. The molecule has 0 saturated heterocycles. The zero-order chi connectivity index (χ0) is 17.2. The number of amides is 1. The topological polar surface area (TPSA) is 97.4 Å². The van der Waals surface area contributed by atoms with Crippen LogP contribution in [0.15, 0.2) is 17.2 Å². The summed E-state index contributed by atoms with van der Waals surface area (Å²) in [5.41, 5.74) is 6.10. The molecule has 0 radical (unpaired) electrons. The minimum atomic E-state index is -3.69. The van der Waals surface area contributed by atoms with Crippen LogP contribution in [0.4, 0.5) is 0 Å². The molecule has 1 aromatic rings. The predicted molar refractivity (Wildman–Crippen MR) is 88.6 cm³/mol. The molecule has 1 unspecified atom stereocenters. The van der Waals surface area contributed by atoms with Gasteiger partial charge in [-0.05, 0) is 24.8 Å². The van der Waals surface area contributed by atoms with Crippen LogP contribution in [-0.4, -0.2) is 50.5 Å². The highest BCUT2D eigenvalue weighted by Gasteiger charge is 2.29. The van der Waals surface area contributed by atoms with Crippen LogP contribution >= 0.6 is 0 Å². The third-order valence-electron chi connectivity index (χ3n) is 4.44. The van der Waals surface area contributed by atoms with E-state index in [1.807, 2.05) is 0 Å². The Balaban J connectivity index is 2.22. The third kappa shape index (κ3) is 3.94. The van der Waals surface area contributed by atoms with Crippen molar-refractivity contribution in [2.45, 2.75) is 36.6 Å². The second-order valence-electron chi connectivity index (χ2n) is 6.38. The van der Waals surface area contributed by atoms with E-state index in [4.69, 9.17) is 5.73 Å². The maximum absolute atomic E-state index is 12.6. The lowest BCUT2D eigenvalue weighted by Crippen LogP contribution is -2.44. The van der Waals surface area contributed by atoms with Gasteiger partial charge in [0, 0.05) is 39.9 Å². The SMILES string of the molecule is CN(C)C(=O)c1cc(S(=O)(=O)NC(CN)C2CCCC2)cn1C. The molecular weight excluding hydrogens is 316 g/mol. The number of rotatable bonds is 6. The summed E-state index contributed by atoms with van der Waals surface area (Å²) in [6, 6.07) is 1.16. The first-order valence-corrected chi connectivity index (χ1v) is 9.35. The number of hydrogen-bond acceptors (Lipinski definition) is 4. The van der Waals surface area contributed by atoms with Crippen molar-refractivity contribution in [2.75, 3.05) is 20.6 Å². The molecule has 1 atom stereocenters. The van der Waals surface area contributed by atoms with Crippen LogP contribution in [0, 0.1) is 5.92 Å². The molecule has 1 fully saturated rings. The van der Waals surface area contributed by atoms with Crippen LogP contribution in [0.1, 0.15) is 36.2 Å². The van der Waals surface area contributed by atoms with E-state index in [1.165, 1.54) is 21.7 Å². The van der Waals surface area contributed by atoms with Gasteiger partial charge in [0.15, 0.2) is 0 Å². The smallest absolute Gasteiger partial charge is 0.269 e. The maximum atomic E-state index is 12.6. The fraction of sp³-hybridized carbons (Fsp3) is 0.667. The van der Waals surface area contributed by atoms with Crippen molar-refractivity contribution >= 4 is 15.9 Å². The first-order chi connectivity index (χ1) is 10.8. The maximum Gasteiger partial charge on any atom is 0.269 e. The molecule has 1 saturated carbocycles. The molecule has 0 aliphatic heterocycles. The van der Waals surface area contributed by atoms with Crippen molar-refractivity contribution in [1.29, 1.82) is 0 Å². The number of sulfonamides is 1. The predicted octanol–water partition coefficient (Wildman–Crippen LogP) is 0.523. The summed E-state index contributed by atoms with van der Waals surface area (Å²) in [5.74, 6) is 0.0569. The number of nitrogens with two attached hydrogens (primary N) is 1. The summed E-state index contributed by atoms with van der Waals surface area (Å²) in [7, 11) is 1.23. The highest BCUT2D eigenvalue weighted by atomic mass is 32.2. The van der Waals surface area contributed by atoms with E-state index >= 15 is 0 Å². The highest BCUT2D eigenvalue weighted by Crippen LogP contribution is 2.28. The zero-order valence-corrected chi connectivity index (χ0v) is 14.8. The van der Waals surface area contributed by atoms with Crippen LogP contribution in [0.5, 0.6) is 0 Å². The molecule has 8 heteroatoms. The summed E-state index contributed by atoms with van der Waals surface area (Å²) in [5, 5.41) is 0. The molecule has 0 aromatic carbocycles. The van der Waals surface area contributed by atoms with Crippen molar-refractivity contribution in [1.82, 2.24) is 14.2 Å². The lowest BCUT2D eigenvalue weighted by atomic mass is 9.99. The Hall–Kier alpha value is -1.38. The minimum Gasteiger partial charge on any atom is -0.345 e. The molecule has 1 heterocycles. The van der Waals surface area contributed by atoms with E-state index in [-0.39, 0.29) is 23.4 Å². The summed E-state index contributed by atoms with van der Waals surface area (Å²) < 4.78 is 29.5.